The Morgan fingerprint density at radius 1 is 1.10 bits per heavy atom. The Morgan fingerprint density at radius 3 is 2.50 bits per heavy atom. The largest absolute Gasteiger partial charge is 0.497 e. The fourth-order valence-electron chi connectivity index (χ4n) is 4.16. The van der Waals surface area contributed by atoms with Crippen LogP contribution in [-0.2, 0) is 16.1 Å². The minimum Gasteiger partial charge on any atom is -0.497 e. The summed E-state index contributed by atoms with van der Waals surface area (Å²) in [6, 6.07) is 17.8. The Kier molecular flexibility index (Phi) is 7.14. The number of carbonyl (C=O) groups is 2. The number of amides is 2. The lowest BCUT2D eigenvalue weighted by molar-refractivity contribution is -0.135. The maximum Gasteiger partial charge on any atom is 0.228 e. The summed E-state index contributed by atoms with van der Waals surface area (Å²) in [5.41, 5.74) is 2.14. The molecule has 3 rings (SSSR count). The predicted octanol–water partition coefficient (Wildman–Crippen LogP) is 3.94. The van der Waals surface area contributed by atoms with E-state index in [-0.39, 0.29) is 23.7 Å². The van der Waals surface area contributed by atoms with Gasteiger partial charge in [0.15, 0.2) is 0 Å². The molecule has 30 heavy (non-hydrogen) atoms. The van der Waals surface area contributed by atoms with Crippen LogP contribution in [0, 0.1) is 11.8 Å². The van der Waals surface area contributed by atoms with Crippen LogP contribution in [0.1, 0.15) is 37.3 Å². The summed E-state index contributed by atoms with van der Waals surface area (Å²) in [6.07, 6.45) is 0.506. The van der Waals surface area contributed by atoms with Gasteiger partial charge in [-0.05, 0) is 29.2 Å². The first-order chi connectivity index (χ1) is 14.4. The highest BCUT2D eigenvalue weighted by molar-refractivity contribution is 5.83. The lowest BCUT2D eigenvalue weighted by Gasteiger charge is -2.25. The summed E-state index contributed by atoms with van der Waals surface area (Å²) in [7, 11) is 3.49. The number of benzene rings is 2. The third kappa shape index (κ3) is 5.21. The van der Waals surface area contributed by atoms with Gasteiger partial charge in [-0.3, -0.25) is 9.59 Å². The monoisotopic (exact) mass is 408 g/mol. The summed E-state index contributed by atoms with van der Waals surface area (Å²) in [4.78, 5) is 29.8. The third-order valence-corrected chi connectivity index (χ3v) is 5.73. The van der Waals surface area contributed by atoms with E-state index in [1.54, 1.807) is 12.0 Å². The van der Waals surface area contributed by atoms with Crippen LogP contribution in [0.2, 0.25) is 0 Å². The van der Waals surface area contributed by atoms with Gasteiger partial charge in [0.25, 0.3) is 0 Å². The van der Waals surface area contributed by atoms with Crippen molar-refractivity contribution in [2.24, 2.45) is 11.8 Å². The zero-order chi connectivity index (χ0) is 21.7. The molecule has 1 heterocycles. The topological polar surface area (TPSA) is 49.9 Å². The van der Waals surface area contributed by atoms with Crippen LogP contribution in [0.25, 0.3) is 0 Å². The average molecular weight is 409 g/mol. The third-order valence-electron chi connectivity index (χ3n) is 5.73. The van der Waals surface area contributed by atoms with Crippen molar-refractivity contribution in [2.75, 3.05) is 27.2 Å². The first-order valence-corrected chi connectivity index (χ1v) is 10.6. The molecule has 5 heteroatoms. The molecule has 1 saturated heterocycles. The van der Waals surface area contributed by atoms with E-state index < -0.39 is 0 Å². The van der Waals surface area contributed by atoms with Gasteiger partial charge in [-0.25, -0.2) is 0 Å². The molecule has 2 aromatic rings. The van der Waals surface area contributed by atoms with Crippen molar-refractivity contribution in [3.63, 3.8) is 0 Å². The van der Waals surface area contributed by atoms with Crippen molar-refractivity contribution in [1.29, 1.82) is 0 Å². The molecule has 0 radical (unpaired) electrons. The molecule has 0 aliphatic carbocycles. The van der Waals surface area contributed by atoms with Crippen molar-refractivity contribution >= 4 is 11.8 Å². The zero-order valence-corrected chi connectivity index (χ0v) is 18.4. The van der Waals surface area contributed by atoms with Gasteiger partial charge in [0.1, 0.15) is 5.75 Å². The van der Waals surface area contributed by atoms with E-state index in [0.29, 0.717) is 32.0 Å². The molecule has 160 valence electrons. The molecular weight excluding hydrogens is 376 g/mol. The van der Waals surface area contributed by atoms with E-state index >= 15 is 0 Å². The molecule has 0 spiro atoms. The SMILES string of the molecule is COc1cccc([C@@H]2CN(C(=O)CC(C)C)C[C@H]2C(=O)N(C)Cc2ccccc2)c1. The fraction of sp³-hybridized carbons (Fsp3) is 0.440. The number of hydrogen-bond acceptors (Lipinski definition) is 3. The Bertz CT molecular complexity index is 866. The van der Waals surface area contributed by atoms with E-state index in [9.17, 15) is 9.59 Å². The smallest absolute Gasteiger partial charge is 0.228 e. The Hall–Kier alpha value is -2.82. The molecule has 1 fully saturated rings. The summed E-state index contributed by atoms with van der Waals surface area (Å²) in [5, 5.41) is 0. The van der Waals surface area contributed by atoms with Crippen molar-refractivity contribution in [3.8, 4) is 5.75 Å². The molecular formula is C25H32N2O3. The van der Waals surface area contributed by atoms with Crippen molar-refractivity contribution in [3.05, 3.63) is 65.7 Å². The van der Waals surface area contributed by atoms with Gasteiger partial charge in [-0.15, -0.1) is 0 Å². The van der Waals surface area contributed by atoms with E-state index in [1.807, 2.05) is 80.4 Å². The summed E-state index contributed by atoms with van der Waals surface area (Å²) in [6.45, 7) is 5.67. The number of ether oxygens (including phenoxy) is 1. The van der Waals surface area contributed by atoms with E-state index in [4.69, 9.17) is 4.74 Å². The van der Waals surface area contributed by atoms with Gasteiger partial charge in [0.2, 0.25) is 11.8 Å². The second-order valence-corrected chi connectivity index (χ2v) is 8.57. The standard InChI is InChI=1S/C25H32N2O3/c1-18(2)13-24(28)27-16-22(20-11-8-12-21(14-20)30-4)23(17-27)25(29)26(3)15-19-9-6-5-7-10-19/h5-12,14,18,22-23H,13,15-17H2,1-4H3/t22-,23+/m0/s1. The number of rotatable bonds is 7. The first kappa shape index (κ1) is 21.9. The van der Waals surface area contributed by atoms with E-state index in [0.717, 1.165) is 16.9 Å². The van der Waals surface area contributed by atoms with Crippen LogP contribution < -0.4 is 4.74 Å². The molecule has 0 unspecified atom stereocenters. The maximum absolute atomic E-state index is 13.4. The molecule has 0 bridgehead atoms. The first-order valence-electron chi connectivity index (χ1n) is 10.6. The molecule has 1 aliphatic heterocycles. The maximum atomic E-state index is 13.4. The molecule has 0 N–H and O–H groups in total. The van der Waals surface area contributed by atoms with Crippen LogP contribution in [0.4, 0.5) is 0 Å². The molecule has 5 nitrogen and oxygen atoms in total. The molecule has 0 aromatic heterocycles. The van der Waals surface area contributed by atoms with Gasteiger partial charge in [0, 0.05) is 39.0 Å². The molecule has 2 atom stereocenters. The van der Waals surface area contributed by atoms with Crippen LogP contribution in [-0.4, -0.2) is 48.9 Å². The Balaban J connectivity index is 1.83. The second kappa shape index (κ2) is 9.79. The van der Waals surface area contributed by atoms with E-state index in [2.05, 4.69) is 0 Å². The number of carbonyl (C=O) groups excluding carboxylic acids is 2. The van der Waals surface area contributed by atoms with Gasteiger partial charge >= 0.3 is 0 Å². The van der Waals surface area contributed by atoms with Crippen molar-refractivity contribution in [1.82, 2.24) is 9.80 Å². The Morgan fingerprint density at radius 2 is 1.83 bits per heavy atom. The average Bonchev–Trinajstić information content (AvgIpc) is 3.19. The molecule has 1 aliphatic rings. The fourth-order valence-corrected chi connectivity index (χ4v) is 4.16. The summed E-state index contributed by atoms with van der Waals surface area (Å²) in [5.74, 6) is 0.959. The number of nitrogens with zero attached hydrogens (tertiary/aromatic N) is 2. The second-order valence-electron chi connectivity index (χ2n) is 8.57. The normalized spacial score (nSPS) is 18.5. The predicted molar refractivity (Wildman–Crippen MR) is 118 cm³/mol. The van der Waals surface area contributed by atoms with Crippen molar-refractivity contribution < 1.29 is 14.3 Å². The van der Waals surface area contributed by atoms with Gasteiger partial charge in [-0.1, -0.05) is 56.3 Å². The minimum absolute atomic E-state index is 0.0399. The highest BCUT2D eigenvalue weighted by Gasteiger charge is 2.41. The van der Waals surface area contributed by atoms with Gasteiger partial charge in [0.05, 0.1) is 13.0 Å². The quantitative estimate of drug-likeness (QED) is 0.697. The molecule has 0 saturated carbocycles. The van der Waals surface area contributed by atoms with Crippen molar-refractivity contribution in [2.45, 2.75) is 32.7 Å². The van der Waals surface area contributed by atoms with Crippen LogP contribution in [0.3, 0.4) is 0 Å². The minimum atomic E-state index is -0.262. The summed E-state index contributed by atoms with van der Waals surface area (Å²) >= 11 is 0. The highest BCUT2D eigenvalue weighted by Crippen LogP contribution is 2.36. The molecule has 2 aromatic carbocycles. The zero-order valence-electron chi connectivity index (χ0n) is 18.4. The lowest BCUT2D eigenvalue weighted by atomic mass is 9.88. The van der Waals surface area contributed by atoms with Gasteiger partial charge < -0.3 is 14.5 Å². The molecule has 2 amide bonds. The van der Waals surface area contributed by atoms with E-state index in [1.165, 1.54) is 0 Å². The number of likely N-dealkylation sites (tertiary alicyclic amines) is 1. The number of methoxy groups -OCH3 is 1. The van der Waals surface area contributed by atoms with Crippen LogP contribution >= 0.6 is 0 Å². The lowest BCUT2D eigenvalue weighted by Crippen LogP contribution is -2.36. The van der Waals surface area contributed by atoms with Crippen LogP contribution in [0.15, 0.2) is 54.6 Å². The number of hydrogen-bond donors (Lipinski definition) is 0. The highest BCUT2D eigenvalue weighted by atomic mass is 16.5. The summed E-state index contributed by atoms with van der Waals surface area (Å²) < 4.78 is 5.39. The Labute approximate surface area is 179 Å². The van der Waals surface area contributed by atoms with Crippen LogP contribution in [0.5, 0.6) is 5.75 Å². The van der Waals surface area contributed by atoms with Gasteiger partial charge in [-0.2, -0.15) is 0 Å².